The van der Waals surface area contributed by atoms with Crippen LogP contribution in [-0.2, 0) is 25.9 Å². The summed E-state index contributed by atoms with van der Waals surface area (Å²) in [6.45, 7) is 1.41. The summed E-state index contributed by atoms with van der Waals surface area (Å²) in [5, 5.41) is 10.1. The Morgan fingerprint density at radius 2 is 0.957 bits per heavy atom. The molecule has 4 aliphatic heterocycles. The summed E-state index contributed by atoms with van der Waals surface area (Å²) in [5.41, 5.74) is 3.86. The number of hydrogen-bond acceptors (Lipinski definition) is 7. The highest BCUT2D eigenvalue weighted by Gasteiger charge is 2.30. The van der Waals surface area contributed by atoms with Crippen LogP contribution in [0.1, 0.15) is 11.1 Å². The number of ether oxygens (including phenoxy) is 6. The van der Waals surface area contributed by atoms with Gasteiger partial charge < -0.3 is 28.4 Å². The van der Waals surface area contributed by atoms with Crippen molar-refractivity contribution in [1.82, 2.24) is 9.13 Å². The lowest BCUT2D eigenvalue weighted by molar-refractivity contribution is 0.173. The lowest BCUT2D eigenvalue weighted by Gasteiger charge is -2.23. The first kappa shape index (κ1) is 24.7. The van der Waals surface area contributed by atoms with Crippen molar-refractivity contribution in [2.45, 2.75) is 25.9 Å². The molecule has 9 nitrogen and oxygen atoms in total. The van der Waals surface area contributed by atoms with Crippen molar-refractivity contribution in [2.75, 3.05) is 27.8 Å². The zero-order valence-electron chi connectivity index (χ0n) is 25.1. The third-order valence-electron chi connectivity index (χ3n) is 10.5. The number of rotatable bonds is 2. The molecule has 0 saturated heterocycles. The Hall–Kier alpha value is -5.57. The number of benzene rings is 6. The molecule has 0 saturated carbocycles. The Morgan fingerprint density at radius 3 is 1.39 bits per heavy atom. The molecule has 1 aromatic heterocycles. The number of nitrogens with zero attached hydrogens (tertiary/aromatic N) is 2. The van der Waals surface area contributed by atoms with E-state index >= 15 is 0 Å². The molecule has 7 aromatic rings. The SMILES string of the molecule is COc1cc2c3cc(OC)cc4c3cc3c5c(c6c(cc45)OCO6)CCn3c(=O)n3c4cc2c(c1)c1cc2c(c(c14)CC3)OCO2. The van der Waals surface area contributed by atoms with Crippen molar-refractivity contribution in [3.8, 4) is 34.5 Å². The molecule has 46 heavy (non-hydrogen) atoms. The second kappa shape index (κ2) is 8.37. The van der Waals surface area contributed by atoms with Crippen LogP contribution in [0.2, 0.25) is 0 Å². The smallest absolute Gasteiger partial charge is 0.329 e. The largest absolute Gasteiger partial charge is 0.497 e. The quantitative estimate of drug-likeness (QED) is 0.201. The molecule has 226 valence electrons. The minimum Gasteiger partial charge on any atom is -0.497 e. The minimum absolute atomic E-state index is 0.0417. The van der Waals surface area contributed by atoms with E-state index < -0.39 is 0 Å². The number of hydrogen-bond donors (Lipinski definition) is 0. The standard InChI is InChI=1S/C37H26N2O7/c1-41-17-7-21-22-8-18(42-2)10-24-26(22)12-30-34-20(36-32(14-28(24)34)44-16-46-36)4-6-39(30)37(40)38-5-3-19-33-27(13-31-35(19)45-15-43-31)23(9-17)25(21)11-29(33)38/h7-14H,3-6,15-16H2,1-2H3. The van der Waals surface area contributed by atoms with Gasteiger partial charge in [-0.2, -0.15) is 0 Å². The molecule has 0 N–H and O–H groups in total. The lowest BCUT2D eigenvalue weighted by atomic mass is 9.89. The number of aryl methyl sites for hydroxylation is 4. The highest BCUT2D eigenvalue weighted by molar-refractivity contribution is 6.28. The van der Waals surface area contributed by atoms with Gasteiger partial charge in [0.25, 0.3) is 0 Å². The lowest BCUT2D eigenvalue weighted by Crippen LogP contribution is -2.33. The van der Waals surface area contributed by atoms with Crippen LogP contribution < -0.4 is 34.1 Å². The van der Waals surface area contributed by atoms with E-state index in [1.807, 2.05) is 9.13 Å². The van der Waals surface area contributed by atoms with E-state index in [9.17, 15) is 4.79 Å². The van der Waals surface area contributed by atoms with Gasteiger partial charge in [-0.25, -0.2) is 4.79 Å². The molecule has 0 fully saturated rings. The highest BCUT2D eigenvalue weighted by atomic mass is 16.7. The predicted octanol–water partition coefficient (Wildman–Crippen LogP) is 6.72. The Morgan fingerprint density at radius 1 is 0.543 bits per heavy atom. The van der Waals surface area contributed by atoms with Crippen LogP contribution in [0.15, 0.2) is 53.3 Å². The molecule has 5 heterocycles. The minimum atomic E-state index is -0.0417. The molecule has 0 amide bonds. The van der Waals surface area contributed by atoms with E-state index in [0.717, 1.165) is 111 Å². The van der Waals surface area contributed by atoms with E-state index in [2.05, 4.69) is 48.5 Å². The monoisotopic (exact) mass is 610 g/mol. The summed E-state index contributed by atoms with van der Waals surface area (Å²) in [7, 11) is 3.39. The van der Waals surface area contributed by atoms with Gasteiger partial charge in [0.2, 0.25) is 13.6 Å². The first-order valence-electron chi connectivity index (χ1n) is 15.5. The van der Waals surface area contributed by atoms with Crippen molar-refractivity contribution in [3.63, 3.8) is 0 Å². The van der Waals surface area contributed by atoms with Crippen LogP contribution in [0.3, 0.4) is 0 Å². The maximum atomic E-state index is 14.9. The van der Waals surface area contributed by atoms with E-state index in [-0.39, 0.29) is 19.3 Å². The molecule has 0 radical (unpaired) electrons. The van der Waals surface area contributed by atoms with Gasteiger partial charge in [-0.05, 0) is 104 Å². The third-order valence-corrected chi connectivity index (χ3v) is 10.5. The fraction of sp³-hybridized carbons (Fsp3) is 0.216. The van der Waals surface area contributed by atoms with Gasteiger partial charge in [0.15, 0.2) is 23.0 Å². The second-order valence-corrected chi connectivity index (χ2v) is 12.4. The van der Waals surface area contributed by atoms with Crippen molar-refractivity contribution in [1.29, 1.82) is 0 Å². The number of aromatic nitrogens is 2. The first-order chi connectivity index (χ1) is 22.6. The molecular weight excluding hydrogens is 584 g/mol. The molecular formula is C37H26N2O7. The number of methoxy groups -OCH3 is 2. The Bertz CT molecular complexity index is 2520. The van der Waals surface area contributed by atoms with Gasteiger partial charge >= 0.3 is 5.69 Å². The third kappa shape index (κ3) is 2.89. The zero-order chi connectivity index (χ0) is 30.4. The van der Waals surface area contributed by atoms with Crippen molar-refractivity contribution >= 4 is 64.9 Å². The maximum absolute atomic E-state index is 14.9. The van der Waals surface area contributed by atoms with E-state index in [4.69, 9.17) is 28.4 Å². The normalized spacial score (nSPS) is 15.4. The molecule has 0 spiro atoms. The topological polar surface area (TPSA) is 82.3 Å². The van der Waals surface area contributed by atoms with Gasteiger partial charge in [0, 0.05) is 35.0 Å². The Labute approximate surface area is 260 Å². The van der Waals surface area contributed by atoms with E-state index in [1.165, 1.54) is 0 Å². The van der Waals surface area contributed by atoms with E-state index in [0.29, 0.717) is 25.9 Å². The van der Waals surface area contributed by atoms with Gasteiger partial charge in [-0.1, -0.05) is 0 Å². The Balaban J connectivity index is 1.51. The van der Waals surface area contributed by atoms with Crippen LogP contribution in [-0.4, -0.2) is 36.9 Å². The van der Waals surface area contributed by atoms with Crippen LogP contribution in [0.4, 0.5) is 0 Å². The summed E-state index contributed by atoms with van der Waals surface area (Å²) in [6, 6.07) is 16.8. The summed E-state index contributed by atoms with van der Waals surface area (Å²) >= 11 is 0. The summed E-state index contributed by atoms with van der Waals surface area (Å²) in [5.74, 6) is 4.49. The highest BCUT2D eigenvalue weighted by Crippen LogP contribution is 2.50. The maximum Gasteiger partial charge on any atom is 0.329 e. The Kier molecular flexibility index (Phi) is 4.50. The molecule has 11 rings (SSSR count). The molecule has 0 unspecified atom stereocenters. The molecule has 6 aromatic carbocycles. The fourth-order valence-electron chi connectivity index (χ4n) is 8.48. The average molecular weight is 611 g/mol. The molecule has 4 bridgehead atoms. The van der Waals surface area contributed by atoms with Crippen LogP contribution in [0.25, 0.3) is 64.9 Å². The fourth-order valence-corrected chi connectivity index (χ4v) is 8.48. The van der Waals surface area contributed by atoms with Gasteiger partial charge in [0.1, 0.15) is 11.5 Å². The summed E-state index contributed by atoms with van der Waals surface area (Å²) < 4.78 is 39.7. The average Bonchev–Trinajstić information content (AvgIpc) is 3.77. The van der Waals surface area contributed by atoms with Gasteiger partial charge in [-0.15, -0.1) is 0 Å². The van der Waals surface area contributed by atoms with Crippen molar-refractivity contribution < 1.29 is 28.4 Å². The summed E-state index contributed by atoms with van der Waals surface area (Å²) in [6.07, 6.45) is 1.30. The van der Waals surface area contributed by atoms with Gasteiger partial charge in [-0.3, -0.25) is 9.13 Å². The van der Waals surface area contributed by atoms with Crippen LogP contribution in [0, 0.1) is 0 Å². The number of fused-ring (bicyclic) bond motifs is 7. The van der Waals surface area contributed by atoms with Crippen molar-refractivity contribution in [3.05, 3.63) is 70.1 Å². The molecule has 9 heteroatoms. The predicted molar refractivity (Wildman–Crippen MR) is 175 cm³/mol. The molecule has 0 atom stereocenters. The van der Waals surface area contributed by atoms with Gasteiger partial charge in [0.05, 0.1) is 25.3 Å². The summed E-state index contributed by atoms with van der Waals surface area (Å²) in [4.78, 5) is 14.9. The second-order valence-electron chi connectivity index (χ2n) is 12.4. The van der Waals surface area contributed by atoms with Crippen LogP contribution >= 0.6 is 0 Å². The first-order valence-corrected chi connectivity index (χ1v) is 15.5. The molecule has 4 aliphatic rings. The molecule has 0 aliphatic carbocycles. The van der Waals surface area contributed by atoms with E-state index in [1.54, 1.807) is 14.2 Å². The van der Waals surface area contributed by atoms with Crippen molar-refractivity contribution in [2.24, 2.45) is 0 Å². The van der Waals surface area contributed by atoms with Crippen LogP contribution in [0.5, 0.6) is 34.5 Å². The zero-order valence-corrected chi connectivity index (χ0v) is 25.1.